The second-order valence-electron chi connectivity index (χ2n) is 4.60. The molecule has 0 spiro atoms. The topological polar surface area (TPSA) is 37.4 Å². The molecule has 1 heterocycles. The fourth-order valence-corrected chi connectivity index (χ4v) is 2.41. The number of hydrogen-bond donors (Lipinski definition) is 0. The Labute approximate surface area is 105 Å². The van der Waals surface area contributed by atoms with Crippen LogP contribution in [0.15, 0.2) is 54.3 Å². The first-order chi connectivity index (χ1) is 8.75. The van der Waals surface area contributed by atoms with Crippen molar-refractivity contribution in [3.05, 3.63) is 59.8 Å². The van der Waals surface area contributed by atoms with Gasteiger partial charge in [-0.1, -0.05) is 36.4 Å². The molecule has 0 saturated heterocycles. The first-order valence-electron chi connectivity index (χ1n) is 6.06. The van der Waals surface area contributed by atoms with Crippen molar-refractivity contribution in [2.75, 3.05) is 0 Å². The third-order valence-electron chi connectivity index (χ3n) is 3.42. The number of carbonyl (C=O) groups excluding carboxylic acids is 2. The fraction of sp³-hybridized carbons (Fsp3) is 0.200. The van der Waals surface area contributed by atoms with Gasteiger partial charge in [0.1, 0.15) is 0 Å². The molecule has 0 bridgehead atoms. The van der Waals surface area contributed by atoms with Crippen molar-refractivity contribution in [3.63, 3.8) is 0 Å². The van der Waals surface area contributed by atoms with E-state index in [-0.39, 0.29) is 17.7 Å². The molecular formula is C15H13NO2. The van der Waals surface area contributed by atoms with E-state index in [0.717, 1.165) is 18.5 Å². The van der Waals surface area contributed by atoms with Gasteiger partial charge >= 0.3 is 0 Å². The zero-order chi connectivity index (χ0) is 12.5. The minimum Gasteiger partial charge on any atom is -0.269 e. The molecule has 90 valence electrons. The molecule has 2 amide bonds. The van der Waals surface area contributed by atoms with Crippen LogP contribution in [0.5, 0.6) is 0 Å². The molecule has 1 aliphatic heterocycles. The second kappa shape index (κ2) is 4.26. The third kappa shape index (κ3) is 1.78. The molecule has 0 radical (unpaired) electrons. The van der Waals surface area contributed by atoms with Gasteiger partial charge in [0, 0.05) is 23.8 Å². The van der Waals surface area contributed by atoms with E-state index >= 15 is 0 Å². The SMILES string of the molecule is O=C1C=CC(=O)N1C1=CCC1Cc1ccccc1. The van der Waals surface area contributed by atoms with Gasteiger partial charge < -0.3 is 0 Å². The maximum absolute atomic E-state index is 11.6. The number of hydrogen-bond acceptors (Lipinski definition) is 2. The second-order valence-corrected chi connectivity index (χ2v) is 4.60. The summed E-state index contributed by atoms with van der Waals surface area (Å²) in [6, 6.07) is 10.1. The summed E-state index contributed by atoms with van der Waals surface area (Å²) in [5.74, 6) is -0.159. The van der Waals surface area contributed by atoms with Crippen LogP contribution in [0.3, 0.4) is 0 Å². The molecular weight excluding hydrogens is 226 g/mol. The summed E-state index contributed by atoms with van der Waals surface area (Å²) in [5, 5.41) is 0. The van der Waals surface area contributed by atoms with Crippen LogP contribution in [0.4, 0.5) is 0 Å². The van der Waals surface area contributed by atoms with Gasteiger partial charge in [-0.25, -0.2) is 4.90 Å². The van der Waals surface area contributed by atoms with Crippen LogP contribution >= 0.6 is 0 Å². The Morgan fingerprint density at radius 3 is 2.28 bits per heavy atom. The summed E-state index contributed by atoms with van der Waals surface area (Å²) in [7, 11) is 0. The molecule has 18 heavy (non-hydrogen) atoms. The van der Waals surface area contributed by atoms with E-state index < -0.39 is 0 Å². The van der Waals surface area contributed by atoms with Gasteiger partial charge in [-0.3, -0.25) is 9.59 Å². The molecule has 0 N–H and O–H groups in total. The number of benzene rings is 1. The largest absolute Gasteiger partial charge is 0.269 e. The van der Waals surface area contributed by atoms with E-state index in [1.54, 1.807) is 0 Å². The van der Waals surface area contributed by atoms with Crippen LogP contribution in [0.25, 0.3) is 0 Å². The van der Waals surface area contributed by atoms with E-state index in [2.05, 4.69) is 12.1 Å². The average molecular weight is 239 g/mol. The van der Waals surface area contributed by atoms with Crippen LogP contribution < -0.4 is 0 Å². The molecule has 3 rings (SSSR count). The summed E-state index contributed by atoms with van der Waals surface area (Å²) >= 11 is 0. The van der Waals surface area contributed by atoms with Gasteiger partial charge in [0.05, 0.1) is 0 Å². The molecule has 3 nitrogen and oxygen atoms in total. The van der Waals surface area contributed by atoms with Crippen molar-refractivity contribution in [2.24, 2.45) is 5.92 Å². The standard InChI is InChI=1S/C15H13NO2/c17-14-8-9-15(18)16(14)13-7-6-12(13)10-11-4-2-1-3-5-11/h1-5,7-9,12H,6,10H2. The molecule has 3 heteroatoms. The van der Waals surface area contributed by atoms with Gasteiger partial charge in [-0.2, -0.15) is 0 Å². The smallest absolute Gasteiger partial charge is 0.257 e. The lowest BCUT2D eigenvalue weighted by Gasteiger charge is -2.32. The summed E-state index contributed by atoms with van der Waals surface area (Å²) in [4.78, 5) is 24.5. The van der Waals surface area contributed by atoms with Crippen LogP contribution in [0, 0.1) is 5.92 Å². The van der Waals surface area contributed by atoms with Crippen molar-refractivity contribution in [1.29, 1.82) is 0 Å². The van der Waals surface area contributed by atoms with Gasteiger partial charge in [-0.15, -0.1) is 0 Å². The number of carbonyl (C=O) groups is 2. The lowest BCUT2D eigenvalue weighted by Crippen LogP contribution is -2.36. The number of allylic oxidation sites excluding steroid dienone is 2. The van der Waals surface area contributed by atoms with Crippen LogP contribution in [-0.4, -0.2) is 16.7 Å². The maximum Gasteiger partial charge on any atom is 0.257 e. The number of amides is 2. The summed E-state index contributed by atoms with van der Waals surface area (Å²) in [6.45, 7) is 0. The normalized spacial score (nSPS) is 22.1. The Balaban J connectivity index is 1.73. The Bertz CT molecular complexity index is 539. The van der Waals surface area contributed by atoms with Crippen LogP contribution in [0.1, 0.15) is 12.0 Å². The molecule has 0 fully saturated rings. The fourth-order valence-electron chi connectivity index (χ4n) is 2.41. The highest BCUT2D eigenvalue weighted by molar-refractivity contribution is 6.14. The minimum absolute atomic E-state index is 0.219. The highest BCUT2D eigenvalue weighted by Gasteiger charge is 2.34. The first-order valence-corrected chi connectivity index (χ1v) is 6.06. The number of imide groups is 1. The predicted octanol–water partition coefficient (Wildman–Crippen LogP) is 2.06. The van der Waals surface area contributed by atoms with Crippen molar-refractivity contribution in [2.45, 2.75) is 12.8 Å². The number of nitrogens with zero attached hydrogens (tertiary/aromatic N) is 1. The van der Waals surface area contributed by atoms with Crippen LogP contribution in [0.2, 0.25) is 0 Å². The Hall–Kier alpha value is -2.16. The predicted molar refractivity (Wildman–Crippen MR) is 67.3 cm³/mol. The summed E-state index contributed by atoms with van der Waals surface area (Å²) in [5.41, 5.74) is 2.10. The zero-order valence-electron chi connectivity index (χ0n) is 9.87. The molecule has 1 aromatic carbocycles. The van der Waals surface area contributed by atoms with Crippen molar-refractivity contribution < 1.29 is 9.59 Å². The Morgan fingerprint density at radius 2 is 1.72 bits per heavy atom. The highest BCUT2D eigenvalue weighted by atomic mass is 16.2. The first kappa shape index (κ1) is 11.0. The number of rotatable bonds is 3. The van der Waals surface area contributed by atoms with Crippen molar-refractivity contribution in [1.82, 2.24) is 4.90 Å². The van der Waals surface area contributed by atoms with Crippen LogP contribution in [-0.2, 0) is 16.0 Å². The molecule has 1 unspecified atom stereocenters. The maximum atomic E-state index is 11.6. The molecule has 1 atom stereocenters. The molecule has 1 aromatic rings. The Morgan fingerprint density at radius 1 is 1.06 bits per heavy atom. The van der Waals surface area contributed by atoms with E-state index in [4.69, 9.17) is 0 Å². The van der Waals surface area contributed by atoms with E-state index in [0.29, 0.717) is 0 Å². The molecule has 1 aliphatic carbocycles. The molecule has 2 aliphatic rings. The summed E-state index contributed by atoms with van der Waals surface area (Å²) < 4.78 is 0. The molecule has 0 aromatic heterocycles. The van der Waals surface area contributed by atoms with E-state index in [1.807, 2.05) is 24.3 Å². The van der Waals surface area contributed by atoms with Crippen molar-refractivity contribution in [3.8, 4) is 0 Å². The van der Waals surface area contributed by atoms with Crippen molar-refractivity contribution >= 4 is 11.8 Å². The van der Waals surface area contributed by atoms with Gasteiger partial charge in [0.25, 0.3) is 11.8 Å². The lowest BCUT2D eigenvalue weighted by molar-refractivity contribution is -0.135. The quantitative estimate of drug-likeness (QED) is 0.757. The van der Waals surface area contributed by atoms with Gasteiger partial charge in [-0.05, 0) is 18.4 Å². The average Bonchev–Trinajstić information content (AvgIpc) is 2.68. The van der Waals surface area contributed by atoms with Gasteiger partial charge in [0.2, 0.25) is 0 Å². The van der Waals surface area contributed by atoms with E-state index in [9.17, 15) is 9.59 Å². The minimum atomic E-state index is -0.219. The Kier molecular flexibility index (Phi) is 2.59. The third-order valence-corrected chi connectivity index (χ3v) is 3.42. The van der Waals surface area contributed by atoms with E-state index in [1.165, 1.54) is 22.6 Å². The van der Waals surface area contributed by atoms with Gasteiger partial charge in [0.15, 0.2) is 0 Å². The zero-order valence-corrected chi connectivity index (χ0v) is 9.87. The monoisotopic (exact) mass is 239 g/mol. The molecule has 0 saturated carbocycles. The lowest BCUT2D eigenvalue weighted by atomic mass is 9.84. The highest BCUT2D eigenvalue weighted by Crippen LogP contribution is 2.34. The summed E-state index contributed by atoms with van der Waals surface area (Å²) in [6.07, 6.45) is 6.45.